The topological polar surface area (TPSA) is 12.0 Å². The van der Waals surface area contributed by atoms with Crippen LogP contribution in [0.15, 0.2) is 36.9 Å². The third kappa shape index (κ3) is 4.19. The minimum atomic E-state index is 0.571. The first-order valence-electron chi connectivity index (χ1n) is 6.16. The highest BCUT2D eigenvalue weighted by atomic mass is 14.9. The lowest BCUT2D eigenvalue weighted by Gasteiger charge is -2.16. The van der Waals surface area contributed by atoms with E-state index >= 15 is 0 Å². The lowest BCUT2D eigenvalue weighted by atomic mass is 9.99. The summed E-state index contributed by atoms with van der Waals surface area (Å²) < 4.78 is 0. The van der Waals surface area contributed by atoms with Gasteiger partial charge >= 0.3 is 0 Å². The molecule has 0 radical (unpaired) electrons. The van der Waals surface area contributed by atoms with Gasteiger partial charge in [-0.2, -0.15) is 0 Å². The summed E-state index contributed by atoms with van der Waals surface area (Å²) in [5, 5.41) is 3.50. The molecule has 0 aliphatic rings. The first kappa shape index (κ1) is 13.0. The van der Waals surface area contributed by atoms with Crippen LogP contribution >= 0.6 is 0 Å². The van der Waals surface area contributed by atoms with Gasteiger partial charge in [0.1, 0.15) is 0 Å². The normalized spacial score (nSPS) is 12.4. The number of aryl methyl sites for hydroxylation is 2. The van der Waals surface area contributed by atoms with Crippen molar-refractivity contribution in [2.75, 3.05) is 6.54 Å². The molecule has 0 spiro atoms. The van der Waals surface area contributed by atoms with E-state index in [2.05, 4.69) is 50.0 Å². The summed E-state index contributed by atoms with van der Waals surface area (Å²) in [5.74, 6) is 0. The van der Waals surface area contributed by atoms with Crippen LogP contribution in [0.2, 0.25) is 0 Å². The first-order valence-corrected chi connectivity index (χ1v) is 6.16. The zero-order chi connectivity index (χ0) is 11.8. The van der Waals surface area contributed by atoms with Crippen LogP contribution < -0.4 is 5.32 Å². The van der Waals surface area contributed by atoms with Crippen molar-refractivity contribution in [3.8, 4) is 0 Å². The second-order valence-electron chi connectivity index (χ2n) is 4.24. The molecule has 1 rings (SSSR count). The molecule has 0 bridgehead atoms. The van der Waals surface area contributed by atoms with Crippen LogP contribution in [-0.4, -0.2) is 12.6 Å². The molecule has 1 nitrogen and oxygen atoms in total. The quantitative estimate of drug-likeness (QED) is 0.689. The average Bonchev–Trinajstić information content (AvgIpc) is 2.28. The molecule has 1 unspecified atom stereocenters. The van der Waals surface area contributed by atoms with Gasteiger partial charge in [0.15, 0.2) is 0 Å². The van der Waals surface area contributed by atoms with Gasteiger partial charge in [0, 0.05) is 6.04 Å². The van der Waals surface area contributed by atoms with Crippen LogP contribution in [0.25, 0.3) is 0 Å². The van der Waals surface area contributed by atoms with Gasteiger partial charge in [-0.05, 0) is 43.9 Å². The molecule has 1 aromatic carbocycles. The highest BCUT2D eigenvalue weighted by Gasteiger charge is 2.06. The number of benzene rings is 1. The Hall–Kier alpha value is -1.08. The van der Waals surface area contributed by atoms with Gasteiger partial charge in [-0.3, -0.25) is 0 Å². The first-order chi connectivity index (χ1) is 7.77. The Kier molecular flexibility index (Phi) is 5.87. The molecule has 0 aromatic heterocycles. The molecule has 0 saturated carbocycles. The van der Waals surface area contributed by atoms with E-state index in [0.717, 1.165) is 19.4 Å². The predicted octanol–water partition coefficient (Wildman–Crippen LogP) is 3.48. The minimum Gasteiger partial charge on any atom is -0.314 e. The number of hydrogen-bond donors (Lipinski definition) is 1. The zero-order valence-electron chi connectivity index (χ0n) is 10.5. The van der Waals surface area contributed by atoms with Crippen molar-refractivity contribution in [3.63, 3.8) is 0 Å². The molecule has 0 saturated heterocycles. The molecule has 1 aromatic rings. The Morgan fingerprint density at radius 1 is 1.38 bits per heavy atom. The summed E-state index contributed by atoms with van der Waals surface area (Å²) in [4.78, 5) is 0. The smallest absolute Gasteiger partial charge is 0.0104 e. The maximum atomic E-state index is 3.82. The summed E-state index contributed by atoms with van der Waals surface area (Å²) in [5.41, 5.74) is 2.87. The number of rotatable bonds is 7. The summed E-state index contributed by atoms with van der Waals surface area (Å²) in [6.45, 7) is 9.19. The van der Waals surface area contributed by atoms with Crippen LogP contribution in [0.5, 0.6) is 0 Å². The van der Waals surface area contributed by atoms with Gasteiger partial charge in [-0.25, -0.2) is 0 Å². The molecular weight excluding hydrogens is 194 g/mol. The van der Waals surface area contributed by atoms with Crippen molar-refractivity contribution in [1.29, 1.82) is 0 Å². The van der Waals surface area contributed by atoms with E-state index in [1.165, 1.54) is 17.5 Å². The highest BCUT2D eigenvalue weighted by molar-refractivity contribution is 5.25. The van der Waals surface area contributed by atoms with Crippen LogP contribution in [0.4, 0.5) is 0 Å². The van der Waals surface area contributed by atoms with Crippen molar-refractivity contribution in [2.45, 2.75) is 39.2 Å². The fourth-order valence-corrected chi connectivity index (χ4v) is 2.01. The van der Waals surface area contributed by atoms with Gasteiger partial charge < -0.3 is 5.32 Å². The zero-order valence-corrected chi connectivity index (χ0v) is 10.5. The lowest BCUT2D eigenvalue weighted by molar-refractivity contribution is 0.498. The Balaban J connectivity index is 2.48. The molecule has 88 valence electrons. The Morgan fingerprint density at radius 3 is 2.75 bits per heavy atom. The Bertz CT molecular complexity index is 317. The summed E-state index contributed by atoms with van der Waals surface area (Å²) in [6.07, 6.45) is 5.40. The summed E-state index contributed by atoms with van der Waals surface area (Å²) >= 11 is 0. The van der Waals surface area contributed by atoms with Gasteiger partial charge in [0.05, 0.1) is 0 Å². The van der Waals surface area contributed by atoms with Crippen molar-refractivity contribution in [3.05, 3.63) is 48.0 Å². The average molecular weight is 217 g/mol. The van der Waals surface area contributed by atoms with Crippen molar-refractivity contribution in [1.82, 2.24) is 5.32 Å². The molecule has 1 N–H and O–H groups in total. The fraction of sp³-hybridized carbons (Fsp3) is 0.467. The minimum absolute atomic E-state index is 0.571. The monoisotopic (exact) mass is 217 g/mol. The second-order valence-corrected chi connectivity index (χ2v) is 4.24. The van der Waals surface area contributed by atoms with Gasteiger partial charge in [0.2, 0.25) is 0 Å². The SMILES string of the molecule is C=CCC(CCc1ccccc1C)NCC. The van der Waals surface area contributed by atoms with Gasteiger partial charge in [-0.15, -0.1) is 6.58 Å². The van der Waals surface area contributed by atoms with Crippen LogP contribution in [0.3, 0.4) is 0 Å². The molecular formula is C15H23N. The Labute approximate surface area is 99.6 Å². The predicted molar refractivity (Wildman–Crippen MR) is 71.8 cm³/mol. The number of hydrogen-bond acceptors (Lipinski definition) is 1. The van der Waals surface area contributed by atoms with E-state index in [1.807, 2.05) is 6.08 Å². The molecule has 0 aliphatic heterocycles. The molecule has 0 heterocycles. The molecule has 1 atom stereocenters. The van der Waals surface area contributed by atoms with Crippen molar-refractivity contribution < 1.29 is 0 Å². The lowest BCUT2D eigenvalue weighted by Crippen LogP contribution is -2.28. The maximum absolute atomic E-state index is 3.82. The number of nitrogens with one attached hydrogen (secondary N) is 1. The molecule has 0 aliphatic carbocycles. The van der Waals surface area contributed by atoms with Crippen LogP contribution in [-0.2, 0) is 6.42 Å². The van der Waals surface area contributed by atoms with E-state index in [-0.39, 0.29) is 0 Å². The van der Waals surface area contributed by atoms with Crippen LogP contribution in [0, 0.1) is 6.92 Å². The van der Waals surface area contributed by atoms with E-state index in [1.54, 1.807) is 0 Å². The van der Waals surface area contributed by atoms with Crippen molar-refractivity contribution in [2.24, 2.45) is 0 Å². The van der Waals surface area contributed by atoms with Gasteiger partial charge in [-0.1, -0.05) is 37.3 Å². The fourth-order valence-electron chi connectivity index (χ4n) is 2.01. The standard InChI is InChI=1S/C15H23N/c1-4-8-15(16-5-2)12-11-14-10-7-6-9-13(14)3/h4,6-7,9-10,15-16H,1,5,8,11-12H2,2-3H3. The second kappa shape index (κ2) is 7.24. The van der Waals surface area contributed by atoms with E-state index in [9.17, 15) is 0 Å². The van der Waals surface area contributed by atoms with E-state index in [0.29, 0.717) is 6.04 Å². The molecule has 16 heavy (non-hydrogen) atoms. The van der Waals surface area contributed by atoms with E-state index in [4.69, 9.17) is 0 Å². The van der Waals surface area contributed by atoms with Gasteiger partial charge in [0.25, 0.3) is 0 Å². The third-order valence-electron chi connectivity index (χ3n) is 2.97. The molecule has 0 amide bonds. The van der Waals surface area contributed by atoms with Crippen LogP contribution in [0.1, 0.15) is 30.9 Å². The summed E-state index contributed by atoms with van der Waals surface area (Å²) in [6, 6.07) is 9.21. The Morgan fingerprint density at radius 2 is 2.12 bits per heavy atom. The van der Waals surface area contributed by atoms with E-state index < -0.39 is 0 Å². The summed E-state index contributed by atoms with van der Waals surface area (Å²) in [7, 11) is 0. The van der Waals surface area contributed by atoms with Crippen molar-refractivity contribution >= 4 is 0 Å². The maximum Gasteiger partial charge on any atom is 0.0104 e. The largest absolute Gasteiger partial charge is 0.314 e. The highest BCUT2D eigenvalue weighted by Crippen LogP contribution is 2.12. The molecule has 0 fully saturated rings. The third-order valence-corrected chi connectivity index (χ3v) is 2.97. The molecule has 1 heteroatoms.